The highest BCUT2D eigenvalue weighted by Crippen LogP contribution is 2.11. The number of nitrogens with zero attached hydrogens (tertiary/aromatic N) is 1. The Labute approximate surface area is 65.6 Å². The highest BCUT2D eigenvalue weighted by Gasteiger charge is 1.92. The first-order valence-electron chi connectivity index (χ1n) is 2.27. The second kappa shape index (κ2) is 2.83. The van der Waals surface area contributed by atoms with Crippen molar-refractivity contribution < 1.29 is 0 Å². The third-order valence-electron chi connectivity index (χ3n) is 0.779. The highest BCUT2D eigenvalue weighted by atomic mass is 35.5. The predicted octanol–water partition coefficient (Wildman–Crippen LogP) is 1.89. The summed E-state index contributed by atoms with van der Waals surface area (Å²) in [5.41, 5.74) is 0.757. The molecule has 1 unspecified atom stereocenters. The van der Waals surface area contributed by atoms with Crippen molar-refractivity contribution in [2.24, 2.45) is 0 Å². The topological polar surface area (TPSA) is 12.9 Å². The first kappa shape index (κ1) is 7.27. The van der Waals surface area contributed by atoms with Gasteiger partial charge in [-0.1, -0.05) is 32.4 Å². The monoisotopic (exact) mass is 179 g/mol. The fourth-order valence-electron chi connectivity index (χ4n) is 0.485. The first-order valence-corrected chi connectivity index (χ1v) is 3.60. The van der Waals surface area contributed by atoms with Crippen LogP contribution in [-0.4, -0.2) is 4.98 Å². The molecule has 1 atom stereocenters. The molecule has 9 heavy (non-hydrogen) atoms. The zero-order valence-electron chi connectivity index (χ0n) is 4.44. The largest absolute Gasteiger partial charge is 0.237 e. The van der Waals surface area contributed by atoms with Crippen molar-refractivity contribution in [1.29, 1.82) is 0 Å². The summed E-state index contributed by atoms with van der Waals surface area (Å²) in [6.45, 7) is 0. The lowest BCUT2D eigenvalue weighted by Gasteiger charge is -1.92. The van der Waals surface area contributed by atoms with Crippen LogP contribution >= 0.6 is 32.4 Å². The second-order valence-electron chi connectivity index (χ2n) is 1.53. The summed E-state index contributed by atoms with van der Waals surface area (Å²) in [5.74, 6) is 0. The molecular weight excluding hydrogens is 176 g/mol. The summed E-state index contributed by atoms with van der Waals surface area (Å²) in [4.78, 5) is 3.88. The van der Waals surface area contributed by atoms with Crippen molar-refractivity contribution in [1.82, 2.24) is 4.98 Å². The number of rotatable bonds is 0. The van der Waals surface area contributed by atoms with Crippen LogP contribution in [0.25, 0.3) is 0 Å². The van der Waals surface area contributed by atoms with Gasteiger partial charge in [0.2, 0.25) is 0 Å². The van der Waals surface area contributed by atoms with Crippen molar-refractivity contribution in [3.63, 3.8) is 0 Å². The summed E-state index contributed by atoms with van der Waals surface area (Å²) in [5, 5.41) is 1.03. The Morgan fingerprint density at radius 1 is 1.33 bits per heavy atom. The molecule has 0 saturated carbocycles. The first-order chi connectivity index (χ1) is 4.18. The maximum Gasteiger partial charge on any atom is 0.131 e. The third-order valence-corrected chi connectivity index (χ3v) is 1.49. The van der Waals surface area contributed by atoms with E-state index in [0.717, 1.165) is 5.44 Å². The lowest BCUT2D eigenvalue weighted by atomic mass is 10.5. The van der Waals surface area contributed by atoms with E-state index in [0.29, 0.717) is 10.2 Å². The molecule has 0 aliphatic carbocycles. The van der Waals surface area contributed by atoms with Gasteiger partial charge in [0.05, 0.1) is 5.44 Å². The van der Waals surface area contributed by atoms with Gasteiger partial charge in [-0.2, -0.15) is 0 Å². The van der Waals surface area contributed by atoms with Gasteiger partial charge in [-0.25, -0.2) is 4.98 Å². The molecule has 0 bridgehead atoms. The Morgan fingerprint density at radius 2 is 2.00 bits per heavy atom. The molecule has 0 N–H and O–H groups in total. The Bertz CT molecular complexity index is 176. The molecular formula is C5H4Cl2NP. The molecule has 0 spiro atoms. The number of halogens is 2. The highest BCUT2D eigenvalue weighted by molar-refractivity contribution is 7.26. The zero-order chi connectivity index (χ0) is 6.85. The van der Waals surface area contributed by atoms with Crippen molar-refractivity contribution in [2.75, 3.05) is 0 Å². The minimum Gasteiger partial charge on any atom is -0.237 e. The lowest BCUT2D eigenvalue weighted by Crippen LogP contribution is -1.95. The Kier molecular flexibility index (Phi) is 2.29. The standard InChI is InChI=1S/C5H4Cl2NP/c6-3-1-4(7)8-5(9)2-3/h1-2H,9H2. The summed E-state index contributed by atoms with van der Waals surface area (Å²) < 4.78 is 0. The molecule has 1 rings (SSSR count). The van der Waals surface area contributed by atoms with E-state index in [-0.39, 0.29) is 0 Å². The van der Waals surface area contributed by atoms with Crippen LogP contribution < -0.4 is 5.44 Å². The molecule has 1 aromatic heterocycles. The molecule has 1 nitrogen and oxygen atoms in total. The van der Waals surface area contributed by atoms with Crippen molar-refractivity contribution in [3.05, 3.63) is 22.3 Å². The van der Waals surface area contributed by atoms with Crippen LogP contribution in [0.2, 0.25) is 10.2 Å². The maximum absolute atomic E-state index is 5.61. The van der Waals surface area contributed by atoms with Crippen LogP contribution in [0.5, 0.6) is 0 Å². The van der Waals surface area contributed by atoms with Crippen molar-refractivity contribution >= 4 is 37.9 Å². The van der Waals surface area contributed by atoms with Gasteiger partial charge in [-0.15, -0.1) is 0 Å². The van der Waals surface area contributed by atoms with Crippen LogP contribution in [0, 0.1) is 0 Å². The van der Waals surface area contributed by atoms with E-state index >= 15 is 0 Å². The smallest absolute Gasteiger partial charge is 0.131 e. The van der Waals surface area contributed by atoms with E-state index in [1.807, 2.05) is 0 Å². The molecule has 0 radical (unpaired) electrons. The predicted molar refractivity (Wildman–Crippen MR) is 43.6 cm³/mol. The van der Waals surface area contributed by atoms with E-state index < -0.39 is 0 Å². The van der Waals surface area contributed by atoms with Crippen LogP contribution in [0.1, 0.15) is 0 Å². The molecule has 1 heterocycles. The van der Waals surface area contributed by atoms with E-state index in [2.05, 4.69) is 14.2 Å². The minimum atomic E-state index is 0.424. The van der Waals surface area contributed by atoms with Gasteiger partial charge in [0, 0.05) is 5.02 Å². The summed E-state index contributed by atoms with van der Waals surface area (Å²) >= 11 is 11.2. The number of aromatic nitrogens is 1. The van der Waals surface area contributed by atoms with Gasteiger partial charge in [-0.3, -0.25) is 0 Å². The van der Waals surface area contributed by atoms with E-state index in [1.165, 1.54) is 0 Å². The maximum atomic E-state index is 5.61. The molecule has 0 aliphatic rings. The Balaban J connectivity index is 3.17. The van der Waals surface area contributed by atoms with Crippen LogP contribution in [0.4, 0.5) is 0 Å². The van der Waals surface area contributed by atoms with Gasteiger partial charge < -0.3 is 0 Å². The Hall–Kier alpha value is 0.160. The van der Waals surface area contributed by atoms with Gasteiger partial charge in [0.15, 0.2) is 0 Å². The average molecular weight is 180 g/mol. The van der Waals surface area contributed by atoms with E-state index in [9.17, 15) is 0 Å². The van der Waals surface area contributed by atoms with Gasteiger partial charge in [0.1, 0.15) is 5.15 Å². The van der Waals surface area contributed by atoms with E-state index in [4.69, 9.17) is 23.2 Å². The third kappa shape index (κ3) is 2.09. The summed E-state index contributed by atoms with van der Waals surface area (Å²) in [7, 11) is 2.42. The van der Waals surface area contributed by atoms with Crippen LogP contribution in [-0.2, 0) is 0 Å². The second-order valence-corrected chi connectivity index (χ2v) is 2.95. The fourth-order valence-corrected chi connectivity index (χ4v) is 1.48. The van der Waals surface area contributed by atoms with Crippen molar-refractivity contribution in [2.45, 2.75) is 0 Å². The number of pyridine rings is 1. The van der Waals surface area contributed by atoms with Gasteiger partial charge in [-0.05, 0) is 12.1 Å². The van der Waals surface area contributed by atoms with Gasteiger partial charge in [0.25, 0.3) is 0 Å². The molecule has 0 aliphatic heterocycles. The number of hydrogen-bond acceptors (Lipinski definition) is 1. The van der Waals surface area contributed by atoms with Crippen molar-refractivity contribution in [3.8, 4) is 0 Å². The van der Waals surface area contributed by atoms with Gasteiger partial charge >= 0.3 is 0 Å². The summed E-state index contributed by atoms with van der Waals surface area (Å²) in [6, 6.07) is 3.31. The van der Waals surface area contributed by atoms with Crippen LogP contribution in [0.3, 0.4) is 0 Å². The molecule has 0 fully saturated rings. The number of hydrogen-bond donors (Lipinski definition) is 0. The quantitative estimate of drug-likeness (QED) is 0.438. The molecule has 48 valence electrons. The fraction of sp³-hybridized carbons (Fsp3) is 0. The lowest BCUT2D eigenvalue weighted by molar-refractivity contribution is 1.39. The molecule has 0 aromatic carbocycles. The SMILES string of the molecule is Pc1cc(Cl)cc(Cl)n1. The minimum absolute atomic E-state index is 0.424. The van der Waals surface area contributed by atoms with Crippen LogP contribution in [0.15, 0.2) is 12.1 Å². The van der Waals surface area contributed by atoms with E-state index in [1.54, 1.807) is 12.1 Å². The normalized spacial score (nSPS) is 9.67. The average Bonchev–Trinajstić information content (AvgIpc) is 1.59. The molecule has 0 amide bonds. The zero-order valence-corrected chi connectivity index (χ0v) is 7.10. The molecule has 0 saturated heterocycles. The Morgan fingerprint density at radius 3 is 2.44 bits per heavy atom. The molecule has 4 heteroatoms. The molecule has 1 aromatic rings. The summed E-state index contributed by atoms with van der Waals surface area (Å²) in [6.07, 6.45) is 0.